The van der Waals surface area contributed by atoms with Crippen molar-refractivity contribution in [3.63, 3.8) is 0 Å². The minimum absolute atomic E-state index is 0.291. The van der Waals surface area contributed by atoms with Crippen LogP contribution >= 0.6 is 0 Å². The summed E-state index contributed by atoms with van der Waals surface area (Å²) >= 11 is 0. The van der Waals surface area contributed by atoms with Gasteiger partial charge in [0.15, 0.2) is 5.60 Å². The molecule has 3 rings (SSSR count). The second-order valence-electron chi connectivity index (χ2n) is 5.35. The van der Waals surface area contributed by atoms with E-state index in [-0.39, 0.29) is 5.75 Å². The van der Waals surface area contributed by atoms with Crippen molar-refractivity contribution in [3.8, 4) is 11.5 Å². The van der Waals surface area contributed by atoms with Crippen molar-refractivity contribution in [2.24, 2.45) is 5.16 Å². The fourth-order valence-electron chi connectivity index (χ4n) is 2.27. The van der Waals surface area contributed by atoms with E-state index >= 15 is 0 Å². The number of pyridine rings is 1. The fourth-order valence-corrected chi connectivity index (χ4v) is 2.27. The van der Waals surface area contributed by atoms with Gasteiger partial charge >= 0.3 is 6.36 Å². The van der Waals surface area contributed by atoms with Crippen LogP contribution in [0.1, 0.15) is 18.9 Å². The van der Waals surface area contributed by atoms with Gasteiger partial charge in [-0.3, -0.25) is 4.98 Å². The lowest BCUT2D eigenvalue weighted by Gasteiger charge is -2.21. The summed E-state index contributed by atoms with van der Waals surface area (Å²) in [5.74, 6) is 0.597. The Hall–Kier alpha value is -2.77. The number of hydrogen-bond donors (Lipinski definition) is 0. The van der Waals surface area contributed by atoms with Crippen molar-refractivity contribution in [1.29, 1.82) is 0 Å². The predicted octanol–water partition coefficient (Wildman–Crippen LogP) is 4.01. The topological polar surface area (TPSA) is 52.9 Å². The lowest BCUT2D eigenvalue weighted by Crippen LogP contribution is -2.23. The van der Waals surface area contributed by atoms with Crippen molar-refractivity contribution in [1.82, 2.24) is 4.98 Å². The number of ether oxygens (including phenoxy) is 2. The molecule has 1 aromatic heterocycles. The van der Waals surface area contributed by atoms with Gasteiger partial charge in [0.1, 0.15) is 11.5 Å². The van der Waals surface area contributed by atoms with Crippen molar-refractivity contribution in [2.45, 2.75) is 25.3 Å². The molecular weight excluding hydrogens is 325 g/mol. The smallest absolute Gasteiger partial charge is 0.438 e. The van der Waals surface area contributed by atoms with E-state index in [4.69, 9.17) is 9.57 Å². The molecule has 0 amide bonds. The third kappa shape index (κ3) is 3.76. The molecular formula is C16H13F3N2O3. The van der Waals surface area contributed by atoms with E-state index in [2.05, 4.69) is 14.9 Å². The highest BCUT2D eigenvalue weighted by atomic mass is 19.4. The van der Waals surface area contributed by atoms with Gasteiger partial charge < -0.3 is 14.3 Å². The number of halogens is 3. The molecule has 1 aromatic carbocycles. The van der Waals surface area contributed by atoms with Gasteiger partial charge in [0.25, 0.3) is 0 Å². The summed E-state index contributed by atoms with van der Waals surface area (Å²) in [6.07, 6.45) is -1.22. The van der Waals surface area contributed by atoms with E-state index in [0.29, 0.717) is 23.6 Å². The van der Waals surface area contributed by atoms with Crippen LogP contribution in [0.2, 0.25) is 0 Å². The van der Waals surface area contributed by atoms with Crippen LogP contribution in [0.3, 0.4) is 0 Å². The zero-order valence-electron chi connectivity index (χ0n) is 12.6. The summed E-state index contributed by atoms with van der Waals surface area (Å²) in [6, 6.07) is 8.93. The maximum absolute atomic E-state index is 12.2. The molecule has 0 aliphatic carbocycles. The highest BCUT2D eigenvalue weighted by Gasteiger charge is 2.38. The minimum atomic E-state index is -4.72. The number of aromatic nitrogens is 1. The molecule has 8 heteroatoms. The first-order valence-corrected chi connectivity index (χ1v) is 7.03. The van der Waals surface area contributed by atoms with E-state index in [9.17, 15) is 13.2 Å². The molecule has 2 aromatic rings. The molecule has 0 N–H and O–H groups in total. The summed E-state index contributed by atoms with van der Waals surface area (Å²) < 4.78 is 46.0. The minimum Gasteiger partial charge on any atom is -0.438 e. The molecule has 0 fully saturated rings. The number of rotatable bonds is 3. The Morgan fingerprint density at radius 1 is 1.12 bits per heavy atom. The molecule has 0 unspecified atom stereocenters. The summed E-state index contributed by atoms with van der Waals surface area (Å²) in [6.45, 7) is 1.77. The van der Waals surface area contributed by atoms with Gasteiger partial charge in [-0.25, -0.2) is 0 Å². The van der Waals surface area contributed by atoms with Crippen LogP contribution in [-0.2, 0) is 10.4 Å². The maximum atomic E-state index is 12.2. The van der Waals surface area contributed by atoms with Crippen LogP contribution in [0, 0.1) is 0 Å². The maximum Gasteiger partial charge on any atom is 0.573 e. The second kappa shape index (κ2) is 6.03. The van der Waals surface area contributed by atoms with Crippen LogP contribution in [0.4, 0.5) is 13.2 Å². The third-order valence-electron chi connectivity index (χ3n) is 3.41. The Labute approximate surface area is 135 Å². The van der Waals surface area contributed by atoms with Crippen molar-refractivity contribution in [3.05, 3.63) is 54.4 Å². The zero-order valence-corrected chi connectivity index (χ0v) is 12.6. The highest BCUT2D eigenvalue weighted by Crippen LogP contribution is 2.36. The molecule has 126 valence electrons. The van der Waals surface area contributed by atoms with Crippen LogP contribution in [0.25, 0.3) is 0 Å². The molecule has 1 aliphatic heterocycles. The summed E-state index contributed by atoms with van der Waals surface area (Å²) in [5.41, 5.74) is -0.167. The Morgan fingerprint density at radius 2 is 1.88 bits per heavy atom. The molecule has 0 radical (unpaired) electrons. The van der Waals surface area contributed by atoms with Crippen LogP contribution in [0.5, 0.6) is 11.5 Å². The molecule has 5 nitrogen and oxygen atoms in total. The average Bonchev–Trinajstić information content (AvgIpc) is 2.90. The zero-order chi connectivity index (χ0) is 17.2. The lowest BCUT2D eigenvalue weighted by atomic mass is 9.93. The van der Waals surface area contributed by atoms with Gasteiger partial charge in [-0.05, 0) is 36.8 Å². The number of nitrogens with zero attached hydrogens (tertiary/aromatic N) is 2. The first-order valence-electron chi connectivity index (χ1n) is 7.03. The molecule has 0 spiro atoms. The van der Waals surface area contributed by atoms with E-state index in [1.807, 2.05) is 0 Å². The largest absolute Gasteiger partial charge is 0.573 e. The van der Waals surface area contributed by atoms with Gasteiger partial charge in [0.05, 0.1) is 12.6 Å². The molecule has 0 saturated carbocycles. The van der Waals surface area contributed by atoms with Crippen molar-refractivity contribution in [2.75, 3.05) is 0 Å². The molecule has 1 aliphatic rings. The lowest BCUT2D eigenvalue weighted by molar-refractivity contribution is -0.274. The summed E-state index contributed by atoms with van der Waals surface area (Å²) in [7, 11) is 0. The molecule has 1 atom stereocenters. The number of alkyl halides is 3. The monoisotopic (exact) mass is 338 g/mol. The quantitative estimate of drug-likeness (QED) is 0.849. The fraction of sp³-hybridized carbons (Fsp3) is 0.250. The van der Waals surface area contributed by atoms with E-state index in [1.54, 1.807) is 31.5 Å². The third-order valence-corrected chi connectivity index (χ3v) is 3.41. The SMILES string of the molecule is C[C@@]1(c2ccc(OC(F)(F)F)cc2)CC(Oc2cccnc2)=NO1. The first-order chi connectivity index (χ1) is 11.3. The van der Waals surface area contributed by atoms with Crippen LogP contribution < -0.4 is 9.47 Å². The molecule has 0 bridgehead atoms. The van der Waals surface area contributed by atoms with Crippen molar-refractivity contribution < 1.29 is 27.5 Å². The Kier molecular flexibility index (Phi) is 4.04. The number of oxime groups is 1. The van der Waals surface area contributed by atoms with E-state index in [0.717, 1.165) is 0 Å². The van der Waals surface area contributed by atoms with E-state index in [1.165, 1.54) is 24.3 Å². The van der Waals surface area contributed by atoms with Crippen molar-refractivity contribution >= 4 is 5.90 Å². The van der Waals surface area contributed by atoms with E-state index < -0.39 is 12.0 Å². The first kappa shape index (κ1) is 16.1. The van der Waals surface area contributed by atoms with Gasteiger partial charge in [-0.1, -0.05) is 17.3 Å². The molecule has 24 heavy (non-hydrogen) atoms. The summed E-state index contributed by atoms with van der Waals surface area (Å²) in [5, 5.41) is 3.90. The highest BCUT2D eigenvalue weighted by molar-refractivity contribution is 5.80. The Bertz CT molecular complexity index is 732. The van der Waals surface area contributed by atoms with Gasteiger partial charge in [-0.15, -0.1) is 13.2 Å². The van der Waals surface area contributed by atoms with Gasteiger partial charge in [0, 0.05) is 6.20 Å². The standard InChI is InChI=1S/C16H13F3N2O3/c1-15(11-4-6-12(7-5-11)23-16(17,18)19)9-14(21-24-15)22-13-3-2-8-20-10-13/h2-8,10H,9H2,1H3/t15-/m0/s1. The molecule has 0 saturated heterocycles. The Morgan fingerprint density at radius 3 is 2.50 bits per heavy atom. The summed E-state index contributed by atoms with van der Waals surface area (Å²) in [4.78, 5) is 9.37. The van der Waals surface area contributed by atoms with Crippen LogP contribution in [-0.4, -0.2) is 17.2 Å². The van der Waals surface area contributed by atoms with Crippen LogP contribution in [0.15, 0.2) is 53.9 Å². The Balaban J connectivity index is 1.67. The average molecular weight is 338 g/mol. The predicted molar refractivity (Wildman–Crippen MR) is 78.5 cm³/mol. The number of benzene rings is 1. The second-order valence-corrected chi connectivity index (χ2v) is 5.35. The normalized spacial score (nSPS) is 20.2. The van der Waals surface area contributed by atoms with Gasteiger partial charge in [-0.2, -0.15) is 0 Å². The molecule has 2 heterocycles. The van der Waals surface area contributed by atoms with Gasteiger partial charge in [0.2, 0.25) is 5.90 Å². The number of hydrogen-bond acceptors (Lipinski definition) is 5.